The Morgan fingerprint density at radius 1 is 1.09 bits per heavy atom. The SMILES string of the molecule is CC(C)OP([O-])(=S)OC(C)C. The first-order valence-electron chi connectivity index (χ1n) is 3.51. The Morgan fingerprint density at radius 3 is 1.55 bits per heavy atom. The maximum Gasteiger partial charge on any atom is 0.116 e. The van der Waals surface area contributed by atoms with E-state index in [1.165, 1.54) is 0 Å². The molecule has 0 unspecified atom stereocenters. The third kappa shape index (κ3) is 6.91. The predicted molar refractivity (Wildman–Crippen MR) is 46.7 cm³/mol. The highest BCUT2D eigenvalue weighted by Gasteiger charge is 2.07. The van der Waals surface area contributed by atoms with Crippen molar-refractivity contribution in [3.05, 3.63) is 0 Å². The van der Waals surface area contributed by atoms with Gasteiger partial charge < -0.3 is 13.9 Å². The van der Waals surface area contributed by atoms with Crippen LogP contribution in [0.15, 0.2) is 0 Å². The van der Waals surface area contributed by atoms with Crippen molar-refractivity contribution >= 4 is 18.5 Å². The monoisotopic (exact) mass is 197 g/mol. The largest absolute Gasteiger partial charge is 0.780 e. The molecule has 68 valence electrons. The summed E-state index contributed by atoms with van der Waals surface area (Å²) in [5.74, 6) is 0. The molecule has 0 aromatic heterocycles. The summed E-state index contributed by atoms with van der Waals surface area (Å²) in [5, 5.41) is 0. The van der Waals surface area contributed by atoms with E-state index >= 15 is 0 Å². The lowest BCUT2D eigenvalue weighted by Gasteiger charge is -2.30. The van der Waals surface area contributed by atoms with Gasteiger partial charge >= 0.3 is 0 Å². The summed E-state index contributed by atoms with van der Waals surface area (Å²) in [6.07, 6.45) is -0.311. The molecule has 0 saturated heterocycles. The van der Waals surface area contributed by atoms with Gasteiger partial charge in [-0.05, 0) is 27.7 Å². The van der Waals surface area contributed by atoms with Crippen molar-refractivity contribution in [2.45, 2.75) is 39.9 Å². The fraction of sp³-hybridized carbons (Fsp3) is 1.00. The van der Waals surface area contributed by atoms with Gasteiger partial charge in [-0.1, -0.05) is 11.8 Å². The molecule has 0 radical (unpaired) electrons. The van der Waals surface area contributed by atoms with Gasteiger partial charge in [-0.25, -0.2) is 0 Å². The second kappa shape index (κ2) is 4.53. The van der Waals surface area contributed by atoms with Gasteiger partial charge in [-0.3, -0.25) is 0 Å². The van der Waals surface area contributed by atoms with Crippen LogP contribution in [0.25, 0.3) is 0 Å². The summed E-state index contributed by atoms with van der Waals surface area (Å²) in [4.78, 5) is 11.2. The Hall–Kier alpha value is 0.530. The Kier molecular flexibility index (Phi) is 4.75. The predicted octanol–water partition coefficient (Wildman–Crippen LogP) is 1.42. The minimum Gasteiger partial charge on any atom is -0.780 e. The lowest BCUT2D eigenvalue weighted by molar-refractivity contribution is -0.212. The first-order chi connectivity index (χ1) is 4.83. The highest BCUT2D eigenvalue weighted by atomic mass is 32.5. The first-order valence-corrected chi connectivity index (χ1v) is 6.07. The fourth-order valence-electron chi connectivity index (χ4n) is 0.541. The zero-order chi connectivity index (χ0) is 9.07. The average molecular weight is 197 g/mol. The Morgan fingerprint density at radius 2 is 1.36 bits per heavy atom. The summed E-state index contributed by atoms with van der Waals surface area (Å²) in [6, 6.07) is 0. The van der Waals surface area contributed by atoms with Crippen LogP contribution >= 0.6 is 6.72 Å². The number of rotatable bonds is 4. The molecule has 0 saturated carbocycles. The number of hydrogen-bond donors (Lipinski definition) is 0. The zero-order valence-corrected chi connectivity index (χ0v) is 8.95. The minimum atomic E-state index is -3.22. The molecule has 0 heterocycles. The van der Waals surface area contributed by atoms with Gasteiger partial charge in [-0.2, -0.15) is 0 Å². The summed E-state index contributed by atoms with van der Waals surface area (Å²) >= 11 is 4.61. The molecule has 0 bridgehead atoms. The smallest absolute Gasteiger partial charge is 0.116 e. The van der Waals surface area contributed by atoms with Crippen LogP contribution in [0.3, 0.4) is 0 Å². The van der Waals surface area contributed by atoms with Crippen LogP contribution in [0.2, 0.25) is 0 Å². The van der Waals surface area contributed by atoms with E-state index in [-0.39, 0.29) is 12.2 Å². The van der Waals surface area contributed by atoms with Gasteiger partial charge in [0, 0.05) is 0 Å². The van der Waals surface area contributed by atoms with Gasteiger partial charge in [0.25, 0.3) is 0 Å². The molecule has 3 nitrogen and oxygen atoms in total. The summed E-state index contributed by atoms with van der Waals surface area (Å²) < 4.78 is 9.79. The van der Waals surface area contributed by atoms with Crippen LogP contribution in [0.1, 0.15) is 27.7 Å². The second-order valence-corrected chi connectivity index (χ2v) is 5.41. The lowest BCUT2D eigenvalue weighted by Crippen LogP contribution is -2.15. The molecular weight excluding hydrogens is 183 g/mol. The summed E-state index contributed by atoms with van der Waals surface area (Å²) in [5.41, 5.74) is 0. The lowest BCUT2D eigenvalue weighted by atomic mass is 10.5. The fourth-order valence-corrected chi connectivity index (χ4v) is 2.66. The second-order valence-electron chi connectivity index (χ2n) is 2.76. The van der Waals surface area contributed by atoms with E-state index in [0.29, 0.717) is 0 Å². The zero-order valence-electron chi connectivity index (χ0n) is 7.23. The molecule has 0 aliphatic rings. The Bertz CT molecular complexity index is 144. The van der Waals surface area contributed by atoms with Crippen molar-refractivity contribution in [1.29, 1.82) is 0 Å². The summed E-state index contributed by atoms with van der Waals surface area (Å²) in [7, 11) is 0. The normalized spacial score (nSPS) is 13.0. The minimum absolute atomic E-state index is 0.155. The highest BCUT2D eigenvalue weighted by molar-refractivity contribution is 8.06. The van der Waals surface area contributed by atoms with E-state index in [1.807, 2.05) is 0 Å². The molecule has 0 atom stereocenters. The molecule has 0 rings (SSSR count). The van der Waals surface area contributed by atoms with Crippen molar-refractivity contribution in [2.75, 3.05) is 0 Å². The molecule has 0 aliphatic carbocycles. The van der Waals surface area contributed by atoms with Crippen LogP contribution in [0, 0.1) is 0 Å². The Balaban J connectivity index is 3.91. The highest BCUT2D eigenvalue weighted by Crippen LogP contribution is 2.41. The maximum atomic E-state index is 11.2. The van der Waals surface area contributed by atoms with E-state index in [9.17, 15) is 4.89 Å². The molecule has 0 aliphatic heterocycles. The van der Waals surface area contributed by atoms with Crippen LogP contribution < -0.4 is 4.89 Å². The van der Waals surface area contributed by atoms with Crippen molar-refractivity contribution in [2.24, 2.45) is 0 Å². The summed E-state index contributed by atoms with van der Waals surface area (Å²) in [6.45, 7) is 3.84. The topological polar surface area (TPSA) is 41.5 Å². The third-order valence-corrected chi connectivity index (χ3v) is 2.56. The van der Waals surface area contributed by atoms with Gasteiger partial charge in [0.2, 0.25) is 0 Å². The van der Waals surface area contributed by atoms with E-state index in [2.05, 4.69) is 11.8 Å². The van der Waals surface area contributed by atoms with Crippen molar-refractivity contribution in [3.8, 4) is 0 Å². The van der Waals surface area contributed by atoms with Gasteiger partial charge in [-0.15, -0.1) is 0 Å². The number of hydrogen-bond acceptors (Lipinski definition) is 4. The van der Waals surface area contributed by atoms with Crippen molar-refractivity contribution < 1.29 is 13.9 Å². The van der Waals surface area contributed by atoms with Crippen LogP contribution in [0.4, 0.5) is 0 Å². The molecule has 0 amide bonds. The first kappa shape index (κ1) is 11.5. The maximum absolute atomic E-state index is 11.2. The molecule has 0 aromatic rings. The van der Waals surface area contributed by atoms with Crippen molar-refractivity contribution in [3.63, 3.8) is 0 Å². The van der Waals surface area contributed by atoms with Crippen LogP contribution in [0.5, 0.6) is 0 Å². The van der Waals surface area contributed by atoms with E-state index in [4.69, 9.17) is 9.05 Å². The molecule has 0 N–H and O–H groups in total. The molecule has 5 heteroatoms. The van der Waals surface area contributed by atoms with Gasteiger partial charge in [0.15, 0.2) is 0 Å². The van der Waals surface area contributed by atoms with Gasteiger partial charge in [0.05, 0.1) is 12.2 Å². The van der Waals surface area contributed by atoms with Gasteiger partial charge in [0.1, 0.15) is 6.72 Å². The van der Waals surface area contributed by atoms with Crippen LogP contribution in [-0.4, -0.2) is 12.2 Å². The van der Waals surface area contributed by atoms with Crippen molar-refractivity contribution in [1.82, 2.24) is 0 Å². The molecule has 0 aromatic carbocycles. The quantitative estimate of drug-likeness (QED) is 0.639. The average Bonchev–Trinajstić information content (AvgIpc) is 1.53. The third-order valence-electron chi connectivity index (χ3n) is 0.680. The van der Waals surface area contributed by atoms with Crippen LogP contribution in [-0.2, 0) is 20.9 Å². The van der Waals surface area contributed by atoms with E-state index in [0.717, 1.165) is 0 Å². The van der Waals surface area contributed by atoms with E-state index < -0.39 is 6.72 Å². The van der Waals surface area contributed by atoms with E-state index in [1.54, 1.807) is 27.7 Å². The molecular formula is C6H14O3PS-. The molecule has 0 fully saturated rings. The molecule has 0 spiro atoms. The Labute approximate surface area is 73.0 Å². The molecule has 11 heavy (non-hydrogen) atoms. The standard InChI is InChI=1S/C6H15O3PS/c1-5(2)8-10(7,11)9-6(3)4/h5-6H,1-4H3,(H,7,11)/p-1.